The van der Waals surface area contributed by atoms with Crippen molar-refractivity contribution in [1.82, 2.24) is 9.21 Å². The van der Waals surface area contributed by atoms with Crippen molar-refractivity contribution >= 4 is 10.0 Å². The van der Waals surface area contributed by atoms with Crippen LogP contribution >= 0.6 is 0 Å². The van der Waals surface area contributed by atoms with Crippen LogP contribution in [0.5, 0.6) is 0 Å². The molecule has 3 rings (SSSR count). The second-order valence-electron chi connectivity index (χ2n) is 6.09. The van der Waals surface area contributed by atoms with E-state index in [-0.39, 0.29) is 5.75 Å². The van der Waals surface area contributed by atoms with Crippen molar-refractivity contribution in [2.75, 3.05) is 26.2 Å². The predicted molar refractivity (Wildman–Crippen MR) is 84.6 cm³/mol. The van der Waals surface area contributed by atoms with Gasteiger partial charge in [0.15, 0.2) is 0 Å². The zero-order valence-electron chi connectivity index (χ0n) is 12.6. The number of hydrogen-bond donors (Lipinski definition) is 0. The fourth-order valence-electron chi connectivity index (χ4n) is 3.13. The Morgan fingerprint density at radius 3 is 2.50 bits per heavy atom. The third-order valence-electron chi connectivity index (χ3n) is 4.66. The van der Waals surface area contributed by atoms with Gasteiger partial charge in [-0.25, -0.2) is 8.42 Å². The summed E-state index contributed by atoms with van der Waals surface area (Å²) in [5, 5.41) is 8.90. The van der Waals surface area contributed by atoms with Crippen molar-refractivity contribution in [3.63, 3.8) is 0 Å². The van der Waals surface area contributed by atoms with Crippen molar-refractivity contribution in [3.05, 3.63) is 35.4 Å². The normalized spacial score (nSPS) is 21.2. The molecule has 1 aliphatic heterocycles. The molecule has 1 aromatic rings. The fraction of sp³-hybridized carbons (Fsp3) is 0.562. The van der Waals surface area contributed by atoms with Crippen LogP contribution in [0.3, 0.4) is 0 Å². The van der Waals surface area contributed by atoms with Crippen LogP contribution in [0, 0.1) is 11.3 Å². The summed E-state index contributed by atoms with van der Waals surface area (Å²) in [4.78, 5) is 2.42. The zero-order chi connectivity index (χ0) is 15.6. The Hall–Kier alpha value is -1.42. The highest BCUT2D eigenvalue weighted by atomic mass is 32.2. The van der Waals surface area contributed by atoms with Crippen LogP contribution < -0.4 is 0 Å². The largest absolute Gasteiger partial charge is 0.298 e. The molecule has 0 aromatic heterocycles. The number of benzene rings is 1. The molecular weight excluding hydrogens is 298 g/mol. The van der Waals surface area contributed by atoms with Crippen molar-refractivity contribution in [1.29, 1.82) is 5.26 Å². The molecule has 5 nitrogen and oxygen atoms in total. The molecule has 0 spiro atoms. The minimum atomic E-state index is -3.30. The van der Waals surface area contributed by atoms with Crippen LogP contribution in [-0.4, -0.2) is 49.8 Å². The molecule has 0 atom stereocenters. The number of nitrogens with zero attached hydrogens (tertiary/aromatic N) is 3. The van der Waals surface area contributed by atoms with Gasteiger partial charge in [0.1, 0.15) is 0 Å². The average molecular weight is 319 g/mol. The van der Waals surface area contributed by atoms with Crippen LogP contribution in [0.25, 0.3) is 0 Å². The smallest absolute Gasteiger partial charge is 0.218 e. The zero-order valence-corrected chi connectivity index (χ0v) is 13.4. The first-order valence-corrected chi connectivity index (χ1v) is 9.40. The molecule has 1 saturated carbocycles. The van der Waals surface area contributed by atoms with Crippen molar-refractivity contribution in [3.8, 4) is 6.07 Å². The van der Waals surface area contributed by atoms with Gasteiger partial charge < -0.3 is 0 Å². The maximum Gasteiger partial charge on any atom is 0.218 e. The Kier molecular flexibility index (Phi) is 4.48. The first-order chi connectivity index (χ1) is 10.6. The SMILES string of the molecule is N#Cc1cccc(CS(=O)(=O)N2CCN(C3CCC3)CC2)c1. The van der Waals surface area contributed by atoms with E-state index in [1.54, 1.807) is 28.6 Å². The van der Waals surface area contributed by atoms with Crippen LogP contribution in [0.1, 0.15) is 30.4 Å². The van der Waals surface area contributed by atoms with Gasteiger partial charge in [0.25, 0.3) is 0 Å². The molecule has 1 heterocycles. The minimum absolute atomic E-state index is 0.0219. The van der Waals surface area contributed by atoms with Gasteiger partial charge in [0, 0.05) is 32.2 Å². The highest BCUT2D eigenvalue weighted by Crippen LogP contribution is 2.26. The highest BCUT2D eigenvalue weighted by molar-refractivity contribution is 7.88. The van der Waals surface area contributed by atoms with Crippen LogP contribution in [0.2, 0.25) is 0 Å². The first kappa shape index (κ1) is 15.5. The molecule has 1 aliphatic carbocycles. The van der Waals surface area contributed by atoms with Crippen molar-refractivity contribution < 1.29 is 8.42 Å². The lowest BCUT2D eigenvalue weighted by Crippen LogP contribution is -2.53. The molecule has 1 saturated heterocycles. The molecule has 0 amide bonds. The molecule has 22 heavy (non-hydrogen) atoms. The molecule has 0 radical (unpaired) electrons. The molecule has 2 aliphatic rings. The van der Waals surface area contributed by atoms with Crippen molar-refractivity contribution in [2.45, 2.75) is 31.1 Å². The highest BCUT2D eigenvalue weighted by Gasteiger charge is 2.32. The number of sulfonamides is 1. The Morgan fingerprint density at radius 1 is 1.18 bits per heavy atom. The van der Waals surface area contributed by atoms with E-state index < -0.39 is 10.0 Å². The lowest BCUT2D eigenvalue weighted by Gasteiger charge is -2.42. The van der Waals surface area contributed by atoms with E-state index in [1.807, 2.05) is 6.07 Å². The molecule has 6 heteroatoms. The molecule has 1 aromatic carbocycles. The summed E-state index contributed by atoms with van der Waals surface area (Å²) in [5.74, 6) is -0.0219. The van der Waals surface area contributed by atoms with Gasteiger partial charge in [-0.3, -0.25) is 4.90 Å². The van der Waals surface area contributed by atoms with Gasteiger partial charge in [0.05, 0.1) is 17.4 Å². The molecular formula is C16H21N3O2S. The summed E-state index contributed by atoms with van der Waals surface area (Å²) in [6.07, 6.45) is 3.82. The molecule has 2 fully saturated rings. The second kappa shape index (κ2) is 6.37. The van der Waals surface area contributed by atoms with E-state index in [4.69, 9.17) is 5.26 Å². The third kappa shape index (κ3) is 3.32. The Balaban J connectivity index is 1.62. The molecule has 0 N–H and O–H groups in total. The maximum atomic E-state index is 12.5. The number of piperazine rings is 1. The van der Waals surface area contributed by atoms with E-state index >= 15 is 0 Å². The summed E-state index contributed by atoms with van der Waals surface area (Å²) in [6.45, 7) is 2.83. The average Bonchev–Trinajstić information content (AvgIpc) is 2.46. The predicted octanol–water partition coefficient (Wildman–Crippen LogP) is 1.56. The van der Waals surface area contributed by atoms with E-state index in [0.717, 1.165) is 13.1 Å². The van der Waals surface area contributed by atoms with Gasteiger partial charge in [0.2, 0.25) is 10.0 Å². The van der Waals surface area contributed by atoms with Gasteiger partial charge in [-0.2, -0.15) is 9.57 Å². The van der Waals surface area contributed by atoms with Gasteiger partial charge in [-0.1, -0.05) is 18.6 Å². The Morgan fingerprint density at radius 2 is 1.91 bits per heavy atom. The van der Waals surface area contributed by atoms with Crippen LogP contribution in [0.4, 0.5) is 0 Å². The van der Waals surface area contributed by atoms with E-state index in [1.165, 1.54) is 19.3 Å². The number of rotatable bonds is 4. The van der Waals surface area contributed by atoms with Gasteiger partial charge in [-0.15, -0.1) is 0 Å². The lowest BCUT2D eigenvalue weighted by molar-refractivity contribution is 0.0888. The molecule has 0 unspecified atom stereocenters. The van der Waals surface area contributed by atoms with Crippen LogP contribution in [0.15, 0.2) is 24.3 Å². The van der Waals surface area contributed by atoms with E-state index in [0.29, 0.717) is 30.3 Å². The fourth-order valence-corrected chi connectivity index (χ4v) is 4.63. The van der Waals surface area contributed by atoms with E-state index in [9.17, 15) is 8.42 Å². The molecule has 118 valence electrons. The summed E-state index contributed by atoms with van der Waals surface area (Å²) < 4.78 is 26.7. The monoisotopic (exact) mass is 319 g/mol. The summed E-state index contributed by atoms with van der Waals surface area (Å²) >= 11 is 0. The molecule has 0 bridgehead atoms. The maximum absolute atomic E-state index is 12.5. The summed E-state index contributed by atoms with van der Waals surface area (Å²) in [7, 11) is -3.30. The quantitative estimate of drug-likeness (QED) is 0.845. The Labute approximate surface area is 132 Å². The standard InChI is InChI=1S/C16H21N3O2S/c17-12-14-3-1-4-15(11-14)13-22(20,21)19-9-7-18(8-10-19)16-5-2-6-16/h1,3-4,11,16H,2,5-10,13H2. The van der Waals surface area contributed by atoms with Gasteiger partial charge in [-0.05, 0) is 30.5 Å². The van der Waals surface area contributed by atoms with Crippen molar-refractivity contribution in [2.24, 2.45) is 0 Å². The number of hydrogen-bond acceptors (Lipinski definition) is 4. The summed E-state index contributed by atoms with van der Waals surface area (Å²) in [6, 6.07) is 9.57. The van der Waals surface area contributed by atoms with Crippen LogP contribution in [-0.2, 0) is 15.8 Å². The number of nitriles is 1. The van der Waals surface area contributed by atoms with E-state index in [2.05, 4.69) is 4.90 Å². The Bertz CT molecular complexity index is 669. The summed E-state index contributed by atoms with van der Waals surface area (Å²) in [5.41, 5.74) is 1.18. The third-order valence-corrected chi connectivity index (χ3v) is 6.51. The lowest BCUT2D eigenvalue weighted by atomic mass is 9.91. The minimum Gasteiger partial charge on any atom is -0.298 e. The second-order valence-corrected chi connectivity index (χ2v) is 8.06. The first-order valence-electron chi connectivity index (χ1n) is 7.79. The topological polar surface area (TPSA) is 64.4 Å². The van der Waals surface area contributed by atoms with Gasteiger partial charge >= 0.3 is 0 Å².